The molecule has 2 aromatic heterocycles. The molecular formula is C21H33N9O5. The maximum Gasteiger partial charge on any atom is 0.326 e. The number of aromatic nitrogens is 4. The number of unbranched alkanes of at least 4 members (excludes halogenated alkanes) is 1. The van der Waals surface area contributed by atoms with E-state index in [0.29, 0.717) is 30.8 Å². The molecule has 0 aliphatic carbocycles. The van der Waals surface area contributed by atoms with Crippen molar-refractivity contribution in [2.75, 3.05) is 6.54 Å². The average Bonchev–Trinajstić information content (AvgIpc) is 3.51. The number of hydrogen-bond acceptors (Lipinski definition) is 8. The summed E-state index contributed by atoms with van der Waals surface area (Å²) in [5, 5.41) is 17.3. The van der Waals surface area contributed by atoms with Gasteiger partial charge < -0.3 is 42.5 Å². The number of nitrogens with one attached hydrogen (secondary N) is 5. The van der Waals surface area contributed by atoms with Crippen molar-refractivity contribution in [2.24, 2.45) is 11.5 Å². The number of imidazole rings is 2. The van der Waals surface area contributed by atoms with Crippen LogP contribution >= 0.6 is 0 Å². The molecule has 4 atom stereocenters. The van der Waals surface area contributed by atoms with Gasteiger partial charge in [0, 0.05) is 36.6 Å². The zero-order valence-corrected chi connectivity index (χ0v) is 19.5. The Morgan fingerprint density at radius 2 is 1.40 bits per heavy atom. The van der Waals surface area contributed by atoms with Crippen molar-refractivity contribution >= 4 is 23.7 Å². The van der Waals surface area contributed by atoms with Crippen LogP contribution in [-0.2, 0) is 32.0 Å². The van der Waals surface area contributed by atoms with Gasteiger partial charge in [0.05, 0.1) is 18.7 Å². The first-order chi connectivity index (χ1) is 16.7. The van der Waals surface area contributed by atoms with Crippen LogP contribution in [0.1, 0.15) is 37.6 Å². The molecule has 0 spiro atoms. The zero-order valence-electron chi connectivity index (χ0n) is 19.5. The summed E-state index contributed by atoms with van der Waals surface area (Å²) in [4.78, 5) is 63.4. The van der Waals surface area contributed by atoms with Crippen molar-refractivity contribution in [3.05, 3.63) is 36.4 Å². The Labute approximate surface area is 202 Å². The highest BCUT2D eigenvalue weighted by atomic mass is 16.4. The van der Waals surface area contributed by atoms with E-state index in [2.05, 4.69) is 35.9 Å². The highest BCUT2D eigenvalue weighted by Crippen LogP contribution is 2.06. The largest absolute Gasteiger partial charge is 0.480 e. The molecule has 0 aromatic carbocycles. The first kappa shape index (κ1) is 27.5. The number of hydrogen-bond donors (Lipinski definition) is 8. The molecule has 14 nitrogen and oxygen atoms in total. The molecule has 2 aromatic rings. The van der Waals surface area contributed by atoms with E-state index < -0.39 is 47.9 Å². The van der Waals surface area contributed by atoms with Crippen LogP contribution in [0.3, 0.4) is 0 Å². The molecule has 0 saturated heterocycles. The quantitative estimate of drug-likeness (QED) is 0.128. The number of amides is 3. The highest BCUT2D eigenvalue weighted by molar-refractivity contribution is 5.94. The Balaban J connectivity index is 2.17. The van der Waals surface area contributed by atoms with Crippen LogP contribution in [-0.4, -0.2) is 79.4 Å². The minimum atomic E-state index is -1.26. The first-order valence-corrected chi connectivity index (χ1v) is 11.2. The van der Waals surface area contributed by atoms with Crippen LogP contribution in [0.2, 0.25) is 0 Å². The molecular weight excluding hydrogens is 458 g/mol. The Morgan fingerprint density at radius 3 is 1.89 bits per heavy atom. The van der Waals surface area contributed by atoms with Gasteiger partial charge in [-0.15, -0.1) is 0 Å². The molecule has 0 bridgehead atoms. The van der Waals surface area contributed by atoms with E-state index in [4.69, 9.17) is 11.5 Å². The van der Waals surface area contributed by atoms with E-state index in [9.17, 15) is 24.3 Å². The predicted molar refractivity (Wildman–Crippen MR) is 125 cm³/mol. The number of aliphatic carboxylic acids is 1. The smallest absolute Gasteiger partial charge is 0.326 e. The number of H-pyrrole nitrogens is 2. The van der Waals surface area contributed by atoms with Gasteiger partial charge in [-0.1, -0.05) is 0 Å². The molecule has 0 fully saturated rings. The van der Waals surface area contributed by atoms with Crippen LogP contribution in [0.5, 0.6) is 0 Å². The second-order valence-corrected chi connectivity index (χ2v) is 8.16. The van der Waals surface area contributed by atoms with Crippen molar-refractivity contribution in [1.29, 1.82) is 0 Å². The van der Waals surface area contributed by atoms with Gasteiger partial charge in [0.25, 0.3) is 0 Å². The molecule has 14 heteroatoms. The van der Waals surface area contributed by atoms with Crippen molar-refractivity contribution in [3.8, 4) is 0 Å². The fourth-order valence-electron chi connectivity index (χ4n) is 3.25. The SMILES string of the molecule is CC(N)C(=O)NC(CCCCN)C(=O)NC(Cc1cnc[nH]1)C(=O)NC(Cc1cnc[nH]1)C(=O)O. The number of nitrogens with zero attached hydrogens (tertiary/aromatic N) is 2. The van der Waals surface area contributed by atoms with Gasteiger partial charge in [-0.05, 0) is 32.7 Å². The molecule has 4 unspecified atom stereocenters. The third-order valence-electron chi connectivity index (χ3n) is 5.20. The Kier molecular flexibility index (Phi) is 10.8. The van der Waals surface area contributed by atoms with Gasteiger partial charge in [-0.3, -0.25) is 14.4 Å². The van der Waals surface area contributed by atoms with Gasteiger partial charge in [0.2, 0.25) is 17.7 Å². The molecule has 10 N–H and O–H groups in total. The van der Waals surface area contributed by atoms with E-state index in [0.717, 1.165) is 0 Å². The number of nitrogens with two attached hydrogens (primary N) is 2. The Hall–Kier alpha value is -3.78. The normalized spacial score (nSPS) is 14.4. The third kappa shape index (κ3) is 9.17. The lowest BCUT2D eigenvalue weighted by atomic mass is 10.1. The van der Waals surface area contributed by atoms with E-state index in [-0.39, 0.29) is 19.3 Å². The van der Waals surface area contributed by atoms with Crippen molar-refractivity contribution in [1.82, 2.24) is 35.9 Å². The Morgan fingerprint density at radius 1 is 0.886 bits per heavy atom. The van der Waals surface area contributed by atoms with Crippen molar-refractivity contribution < 1.29 is 24.3 Å². The van der Waals surface area contributed by atoms with E-state index in [1.54, 1.807) is 0 Å². The number of rotatable bonds is 15. The summed E-state index contributed by atoms with van der Waals surface area (Å²) in [7, 11) is 0. The summed E-state index contributed by atoms with van der Waals surface area (Å²) in [5.74, 6) is -3.07. The van der Waals surface area contributed by atoms with Gasteiger partial charge in [0.1, 0.15) is 18.1 Å². The molecule has 0 aliphatic rings. The van der Waals surface area contributed by atoms with Crippen molar-refractivity contribution in [3.63, 3.8) is 0 Å². The summed E-state index contributed by atoms with van der Waals surface area (Å²) in [6, 6.07) is -4.18. The molecule has 35 heavy (non-hydrogen) atoms. The van der Waals surface area contributed by atoms with Gasteiger partial charge in [-0.2, -0.15) is 0 Å². The number of carbonyl (C=O) groups excluding carboxylic acids is 3. The number of carbonyl (C=O) groups is 4. The van der Waals surface area contributed by atoms with Crippen LogP contribution in [0.15, 0.2) is 25.0 Å². The fraction of sp³-hybridized carbons (Fsp3) is 0.524. The lowest BCUT2D eigenvalue weighted by molar-refractivity contribution is -0.142. The number of carboxylic acids is 1. The lowest BCUT2D eigenvalue weighted by Gasteiger charge is -2.24. The van der Waals surface area contributed by atoms with Crippen molar-refractivity contribution in [2.45, 2.75) is 63.2 Å². The predicted octanol–water partition coefficient (Wildman–Crippen LogP) is -2.07. The zero-order chi connectivity index (χ0) is 25.8. The van der Waals surface area contributed by atoms with Crippen LogP contribution in [0.4, 0.5) is 0 Å². The number of carboxylic acid groups (broad SMARTS) is 1. The third-order valence-corrected chi connectivity index (χ3v) is 5.20. The monoisotopic (exact) mass is 491 g/mol. The molecule has 3 amide bonds. The Bertz CT molecular complexity index is 947. The second-order valence-electron chi connectivity index (χ2n) is 8.16. The second kappa shape index (κ2) is 13.8. The highest BCUT2D eigenvalue weighted by Gasteiger charge is 2.30. The van der Waals surface area contributed by atoms with Crippen LogP contribution < -0.4 is 27.4 Å². The van der Waals surface area contributed by atoms with E-state index in [1.807, 2.05) is 0 Å². The lowest BCUT2D eigenvalue weighted by Crippen LogP contribution is -2.57. The van der Waals surface area contributed by atoms with Crippen LogP contribution in [0.25, 0.3) is 0 Å². The minimum absolute atomic E-state index is 0.0186. The van der Waals surface area contributed by atoms with E-state index in [1.165, 1.54) is 32.0 Å². The maximum absolute atomic E-state index is 13.1. The summed E-state index contributed by atoms with van der Waals surface area (Å²) in [5.41, 5.74) is 12.2. The van der Waals surface area contributed by atoms with E-state index >= 15 is 0 Å². The van der Waals surface area contributed by atoms with Gasteiger partial charge in [0.15, 0.2) is 0 Å². The summed E-state index contributed by atoms with van der Waals surface area (Å²) >= 11 is 0. The molecule has 0 aliphatic heterocycles. The molecule has 2 rings (SSSR count). The summed E-state index contributed by atoms with van der Waals surface area (Å²) in [6.07, 6.45) is 7.25. The maximum atomic E-state index is 13.1. The summed E-state index contributed by atoms with van der Waals surface area (Å²) in [6.45, 7) is 1.91. The topological polar surface area (TPSA) is 234 Å². The average molecular weight is 492 g/mol. The standard InChI is InChI=1S/C21H33N9O5/c1-12(23)18(31)28-15(4-2-3-5-22)19(32)29-16(6-13-8-24-10-26-13)20(33)30-17(21(34)35)7-14-9-25-11-27-14/h8-12,15-17H,2-7,22-23H2,1H3,(H,24,26)(H,25,27)(H,28,31)(H,29,32)(H,30,33)(H,34,35). The summed E-state index contributed by atoms with van der Waals surface area (Å²) < 4.78 is 0. The van der Waals surface area contributed by atoms with Gasteiger partial charge >= 0.3 is 5.97 Å². The molecule has 0 saturated carbocycles. The molecule has 2 heterocycles. The van der Waals surface area contributed by atoms with Crippen LogP contribution in [0, 0.1) is 0 Å². The molecule has 0 radical (unpaired) electrons. The number of aromatic amines is 2. The minimum Gasteiger partial charge on any atom is -0.480 e. The molecule has 192 valence electrons. The first-order valence-electron chi connectivity index (χ1n) is 11.2. The van der Waals surface area contributed by atoms with Gasteiger partial charge in [-0.25, -0.2) is 14.8 Å². The fourth-order valence-corrected chi connectivity index (χ4v) is 3.25.